The molecule has 0 aromatic carbocycles. The molecule has 0 spiro atoms. The SMILES string of the molecule is CCC(C)CCCCCCCCCC/C=C/CO. The summed E-state index contributed by atoms with van der Waals surface area (Å²) in [6, 6.07) is 0. The van der Waals surface area contributed by atoms with Crippen molar-refractivity contribution in [2.75, 3.05) is 6.61 Å². The molecule has 0 aromatic heterocycles. The van der Waals surface area contributed by atoms with Gasteiger partial charge in [0.2, 0.25) is 0 Å². The third kappa shape index (κ3) is 13.8. The maximum atomic E-state index is 8.57. The molecule has 0 amide bonds. The number of hydrogen-bond acceptors (Lipinski definition) is 1. The van der Waals surface area contributed by atoms with Gasteiger partial charge in [-0.2, -0.15) is 0 Å². The monoisotopic (exact) mass is 254 g/mol. The Hall–Kier alpha value is -0.300. The number of unbranched alkanes of at least 4 members (excludes halogenated alkanes) is 8. The molecule has 1 unspecified atom stereocenters. The molecule has 0 aliphatic heterocycles. The lowest BCUT2D eigenvalue weighted by atomic mass is 9.99. The lowest BCUT2D eigenvalue weighted by Crippen LogP contribution is -1.91. The van der Waals surface area contributed by atoms with E-state index in [0.717, 1.165) is 12.3 Å². The molecule has 0 radical (unpaired) electrons. The normalized spacial score (nSPS) is 13.3. The molecule has 0 saturated carbocycles. The van der Waals surface area contributed by atoms with Gasteiger partial charge in [0.25, 0.3) is 0 Å². The van der Waals surface area contributed by atoms with E-state index in [2.05, 4.69) is 19.9 Å². The molecule has 1 nitrogen and oxygen atoms in total. The van der Waals surface area contributed by atoms with E-state index < -0.39 is 0 Å². The Morgan fingerprint density at radius 3 is 1.94 bits per heavy atom. The second-order valence-corrected chi connectivity index (χ2v) is 5.57. The number of hydrogen-bond donors (Lipinski definition) is 1. The lowest BCUT2D eigenvalue weighted by molar-refractivity contribution is 0.342. The molecule has 0 aromatic rings. The molecule has 18 heavy (non-hydrogen) atoms. The van der Waals surface area contributed by atoms with Crippen LogP contribution in [0.2, 0.25) is 0 Å². The molecule has 0 heterocycles. The quantitative estimate of drug-likeness (QED) is 0.341. The van der Waals surface area contributed by atoms with Crippen molar-refractivity contribution >= 4 is 0 Å². The van der Waals surface area contributed by atoms with Crippen molar-refractivity contribution in [1.82, 2.24) is 0 Å². The molecule has 0 fully saturated rings. The van der Waals surface area contributed by atoms with E-state index in [9.17, 15) is 0 Å². The summed E-state index contributed by atoms with van der Waals surface area (Å²) >= 11 is 0. The fraction of sp³-hybridized carbons (Fsp3) is 0.882. The number of rotatable bonds is 13. The number of allylic oxidation sites excluding steroid dienone is 1. The van der Waals surface area contributed by atoms with Crippen LogP contribution >= 0.6 is 0 Å². The first-order chi connectivity index (χ1) is 8.81. The number of aliphatic hydroxyl groups excluding tert-OH is 1. The molecule has 1 N–H and O–H groups in total. The van der Waals surface area contributed by atoms with Crippen LogP contribution in [-0.2, 0) is 0 Å². The second kappa shape index (κ2) is 14.8. The highest BCUT2D eigenvalue weighted by atomic mass is 16.2. The van der Waals surface area contributed by atoms with Crippen LogP contribution in [0.3, 0.4) is 0 Å². The largest absolute Gasteiger partial charge is 0.392 e. The first-order valence-corrected chi connectivity index (χ1v) is 8.07. The van der Waals surface area contributed by atoms with Gasteiger partial charge in [-0.3, -0.25) is 0 Å². The van der Waals surface area contributed by atoms with Crippen molar-refractivity contribution in [3.63, 3.8) is 0 Å². The van der Waals surface area contributed by atoms with E-state index >= 15 is 0 Å². The highest BCUT2D eigenvalue weighted by Crippen LogP contribution is 2.14. The molecule has 0 aliphatic carbocycles. The van der Waals surface area contributed by atoms with Crippen LogP contribution in [0.25, 0.3) is 0 Å². The van der Waals surface area contributed by atoms with Crippen LogP contribution in [0, 0.1) is 5.92 Å². The fourth-order valence-corrected chi connectivity index (χ4v) is 2.21. The van der Waals surface area contributed by atoms with Crippen molar-refractivity contribution in [2.24, 2.45) is 5.92 Å². The van der Waals surface area contributed by atoms with Gasteiger partial charge in [-0.1, -0.05) is 83.8 Å². The second-order valence-electron chi connectivity index (χ2n) is 5.57. The minimum atomic E-state index is 0.191. The summed E-state index contributed by atoms with van der Waals surface area (Å²) in [6.07, 6.45) is 19.0. The van der Waals surface area contributed by atoms with Gasteiger partial charge in [0.15, 0.2) is 0 Å². The van der Waals surface area contributed by atoms with Gasteiger partial charge in [-0.15, -0.1) is 0 Å². The zero-order valence-corrected chi connectivity index (χ0v) is 12.7. The van der Waals surface area contributed by atoms with E-state index in [1.54, 1.807) is 0 Å². The maximum Gasteiger partial charge on any atom is 0.0612 e. The molecule has 108 valence electrons. The molecule has 0 bridgehead atoms. The van der Waals surface area contributed by atoms with Gasteiger partial charge in [-0.05, 0) is 18.8 Å². The average molecular weight is 254 g/mol. The van der Waals surface area contributed by atoms with Crippen molar-refractivity contribution < 1.29 is 5.11 Å². The van der Waals surface area contributed by atoms with Gasteiger partial charge in [-0.25, -0.2) is 0 Å². The Morgan fingerprint density at radius 1 is 0.833 bits per heavy atom. The van der Waals surface area contributed by atoms with E-state index in [1.807, 2.05) is 6.08 Å². The van der Waals surface area contributed by atoms with E-state index in [4.69, 9.17) is 5.11 Å². The van der Waals surface area contributed by atoms with Gasteiger partial charge >= 0.3 is 0 Å². The lowest BCUT2D eigenvalue weighted by Gasteiger charge is -2.07. The molecular weight excluding hydrogens is 220 g/mol. The molecule has 0 aliphatic rings. The van der Waals surface area contributed by atoms with Crippen molar-refractivity contribution in [3.8, 4) is 0 Å². The summed E-state index contributed by atoms with van der Waals surface area (Å²) in [5.41, 5.74) is 0. The Labute approximate surface area is 115 Å². The Morgan fingerprint density at radius 2 is 1.39 bits per heavy atom. The van der Waals surface area contributed by atoms with Crippen LogP contribution in [0.15, 0.2) is 12.2 Å². The minimum absolute atomic E-state index is 0.191. The number of aliphatic hydroxyl groups is 1. The van der Waals surface area contributed by atoms with Gasteiger partial charge in [0.05, 0.1) is 6.61 Å². The average Bonchev–Trinajstić information content (AvgIpc) is 2.39. The summed E-state index contributed by atoms with van der Waals surface area (Å²) in [7, 11) is 0. The third-order valence-corrected chi connectivity index (χ3v) is 3.79. The zero-order chi connectivity index (χ0) is 13.5. The van der Waals surface area contributed by atoms with Crippen LogP contribution in [-0.4, -0.2) is 11.7 Å². The van der Waals surface area contributed by atoms with E-state index in [1.165, 1.54) is 64.2 Å². The summed E-state index contributed by atoms with van der Waals surface area (Å²) in [4.78, 5) is 0. The summed E-state index contributed by atoms with van der Waals surface area (Å²) in [5.74, 6) is 0.928. The van der Waals surface area contributed by atoms with Crippen LogP contribution in [0.5, 0.6) is 0 Å². The molecular formula is C17H34O. The zero-order valence-electron chi connectivity index (χ0n) is 12.7. The predicted octanol–water partition coefficient (Wildman–Crippen LogP) is 5.48. The van der Waals surface area contributed by atoms with Crippen LogP contribution in [0.4, 0.5) is 0 Å². The topological polar surface area (TPSA) is 20.2 Å². The first kappa shape index (κ1) is 17.7. The van der Waals surface area contributed by atoms with Crippen molar-refractivity contribution in [1.29, 1.82) is 0 Å². The summed E-state index contributed by atoms with van der Waals surface area (Å²) < 4.78 is 0. The standard InChI is InChI=1S/C17H34O/c1-3-17(2)15-13-11-9-7-5-4-6-8-10-12-14-16-18/h12,14,17-18H,3-11,13,15-16H2,1-2H3/b14-12+. The maximum absolute atomic E-state index is 8.57. The van der Waals surface area contributed by atoms with Crippen LogP contribution < -0.4 is 0 Å². The first-order valence-electron chi connectivity index (χ1n) is 8.07. The van der Waals surface area contributed by atoms with Gasteiger partial charge in [0.1, 0.15) is 0 Å². The highest BCUT2D eigenvalue weighted by Gasteiger charge is 1.98. The molecule has 1 heteroatoms. The predicted molar refractivity (Wildman–Crippen MR) is 81.9 cm³/mol. The van der Waals surface area contributed by atoms with E-state index in [0.29, 0.717) is 0 Å². The Balaban J connectivity index is 3.01. The molecule has 0 rings (SSSR count). The van der Waals surface area contributed by atoms with Crippen molar-refractivity contribution in [2.45, 2.75) is 84.5 Å². The van der Waals surface area contributed by atoms with E-state index in [-0.39, 0.29) is 6.61 Å². The highest BCUT2D eigenvalue weighted by molar-refractivity contribution is 4.80. The van der Waals surface area contributed by atoms with Gasteiger partial charge < -0.3 is 5.11 Å². The summed E-state index contributed by atoms with van der Waals surface area (Å²) in [6.45, 7) is 4.85. The van der Waals surface area contributed by atoms with Crippen molar-refractivity contribution in [3.05, 3.63) is 12.2 Å². The minimum Gasteiger partial charge on any atom is -0.392 e. The molecule has 1 atom stereocenters. The summed E-state index contributed by atoms with van der Waals surface area (Å²) in [5, 5.41) is 8.57. The molecule has 0 saturated heterocycles. The van der Waals surface area contributed by atoms with Gasteiger partial charge in [0, 0.05) is 0 Å². The van der Waals surface area contributed by atoms with Crippen LogP contribution in [0.1, 0.15) is 84.5 Å². The Kier molecular flexibility index (Phi) is 14.5. The Bertz CT molecular complexity index is 174. The smallest absolute Gasteiger partial charge is 0.0612 e. The fourth-order valence-electron chi connectivity index (χ4n) is 2.21. The third-order valence-electron chi connectivity index (χ3n) is 3.79.